The molecule has 142 valence electrons. The molecule has 1 heterocycles. The van der Waals surface area contributed by atoms with Crippen LogP contribution in [0.5, 0.6) is 0 Å². The van der Waals surface area contributed by atoms with E-state index in [9.17, 15) is 28.4 Å². The van der Waals surface area contributed by atoms with Crippen molar-refractivity contribution in [2.24, 2.45) is 0 Å². The summed E-state index contributed by atoms with van der Waals surface area (Å²) in [6, 6.07) is 4.17. The first-order valence-electron chi connectivity index (χ1n) is 8.53. The number of carbonyl (C=O) groups excluding carboxylic acids is 3. The van der Waals surface area contributed by atoms with Crippen molar-refractivity contribution in [3.63, 3.8) is 0 Å². The van der Waals surface area contributed by atoms with Crippen molar-refractivity contribution in [3.8, 4) is 6.07 Å². The Kier molecular flexibility index (Phi) is 4.59. The summed E-state index contributed by atoms with van der Waals surface area (Å²) in [7, 11) is 0. The minimum atomic E-state index is -1.62. The van der Waals surface area contributed by atoms with E-state index in [-0.39, 0.29) is 5.56 Å². The first kappa shape index (κ1) is 18.8. The molecule has 1 aliphatic carbocycles. The molecule has 3 rings (SSSR count). The second-order valence-electron chi connectivity index (χ2n) is 7.02. The van der Waals surface area contributed by atoms with E-state index >= 15 is 0 Å². The number of urea groups is 1. The lowest BCUT2D eigenvalue weighted by Crippen LogP contribution is -2.50. The molecule has 1 aromatic rings. The van der Waals surface area contributed by atoms with E-state index < -0.39 is 47.1 Å². The van der Waals surface area contributed by atoms with Crippen LogP contribution >= 0.6 is 0 Å². The van der Waals surface area contributed by atoms with Crippen molar-refractivity contribution < 1.29 is 23.2 Å². The van der Waals surface area contributed by atoms with Crippen molar-refractivity contribution in [2.45, 2.75) is 43.7 Å². The molecule has 1 unspecified atom stereocenters. The molecule has 2 N–H and O–H groups in total. The Hall–Kier alpha value is -3.02. The van der Waals surface area contributed by atoms with Crippen LogP contribution in [0, 0.1) is 23.0 Å². The van der Waals surface area contributed by atoms with Crippen LogP contribution in [0.1, 0.15) is 38.2 Å². The smallest absolute Gasteiger partial charge is 0.325 e. The number of halogens is 2. The Morgan fingerprint density at radius 1 is 1.30 bits per heavy atom. The predicted molar refractivity (Wildman–Crippen MR) is 88.9 cm³/mol. The molecular formula is C18H18F2N4O3. The third kappa shape index (κ3) is 3.23. The van der Waals surface area contributed by atoms with Gasteiger partial charge in [0.2, 0.25) is 5.91 Å². The number of nitriles is 1. The Bertz CT molecular complexity index is 861. The third-order valence-electron chi connectivity index (χ3n) is 5.12. The lowest BCUT2D eigenvalue weighted by molar-refractivity contribution is -0.135. The van der Waals surface area contributed by atoms with Crippen LogP contribution in [0.2, 0.25) is 0 Å². The zero-order valence-corrected chi connectivity index (χ0v) is 14.6. The molecule has 1 saturated heterocycles. The van der Waals surface area contributed by atoms with Crippen molar-refractivity contribution >= 4 is 17.8 Å². The molecule has 9 heteroatoms. The zero-order valence-electron chi connectivity index (χ0n) is 14.6. The van der Waals surface area contributed by atoms with Gasteiger partial charge in [0.15, 0.2) is 11.6 Å². The summed E-state index contributed by atoms with van der Waals surface area (Å²) in [4.78, 5) is 38.0. The average Bonchev–Trinajstić information content (AvgIpc) is 3.17. The second-order valence-corrected chi connectivity index (χ2v) is 7.02. The van der Waals surface area contributed by atoms with Crippen LogP contribution in [0.25, 0.3) is 0 Å². The van der Waals surface area contributed by atoms with Gasteiger partial charge in [0.1, 0.15) is 17.6 Å². The number of hydrogen-bond acceptors (Lipinski definition) is 4. The van der Waals surface area contributed by atoms with E-state index in [0.29, 0.717) is 17.7 Å². The van der Waals surface area contributed by atoms with Gasteiger partial charge in [-0.15, -0.1) is 0 Å². The molecule has 4 amide bonds. The maximum absolute atomic E-state index is 13.5. The van der Waals surface area contributed by atoms with Gasteiger partial charge in [0.25, 0.3) is 5.91 Å². The standard InChI is InChI=1S/C18H18F2N4O3/c1-17(11-4-5-12(19)13(20)8-11)15(26)24(16(27)23-17)9-14(25)22-18(10-21)6-2-3-7-18/h4-5,8H,2-3,6-7,9H2,1H3,(H,22,25)(H,23,27). The van der Waals surface area contributed by atoms with Crippen LogP contribution in [-0.4, -0.2) is 34.8 Å². The largest absolute Gasteiger partial charge is 0.336 e. The van der Waals surface area contributed by atoms with Gasteiger partial charge in [-0.05, 0) is 50.3 Å². The first-order valence-corrected chi connectivity index (χ1v) is 8.53. The summed E-state index contributed by atoms with van der Waals surface area (Å²) in [5.74, 6) is -3.61. The highest BCUT2D eigenvalue weighted by Gasteiger charge is 2.50. The van der Waals surface area contributed by atoms with E-state index in [2.05, 4.69) is 16.7 Å². The molecule has 7 nitrogen and oxygen atoms in total. The number of carbonyl (C=O) groups is 3. The number of hydrogen-bond donors (Lipinski definition) is 2. The topological polar surface area (TPSA) is 102 Å². The summed E-state index contributed by atoms with van der Waals surface area (Å²) < 4.78 is 26.7. The number of rotatable bonds is 4. The third-order valence-corrected chi connectivity index (χ3v) is 5.12. The number of benzene rings is 1. The lowest BCUT2D eigenvalue weighted by Gasteiger charge is -2.24. The minimum Gasteiger partial charge on any atom is -0.336 e. The van der Waals surface area contributed by atoms with E-state index in [1.165, 1.54) is 13.0 Å². The summed E-state index contributed by atoms with van der Waals surface area (Å²) in [6.07, 6.45) is 2.65. The molecule has 2 aliphatic rings. The van der Waals surface area contributed by atoms with Crippen LogP contribution in [0.4, 0.5) is 13.6 Å². The van der Waals surface area contributed by atoms with Gasteiger partial charge in [-0.3, -0.25) is 14.5 Å². The Morgan fingerprint density at radius 2 is 1.96 bits per heavy atom. The summed E-state index contributed by atoms with van der Waals surface area (Å²) in [5.41, 5.74) is -2.53. The van der Waals surface area contributed by atoms with Crippen LogP contribution < -0.4 is 10.6 Å². The number of amides is 4. The van der Waals surface area contributed by atoms with E-state index in [1.807, 2.05) is 0 Å². The highest BCUT2D eigenvalue weighted by atomic mass is 19.2. The Morgan fingerprint density at radius 3 is 2.56 bits per heavy atom. The average molecular weight is 376 g/mol. The van der Waals surface area contributed by atoms with Gasteiger partial charge < -0.3 is 10.6 Å². The van der Waals surface area contributed by atoms with Crippen molar-refractivity contribution in [1.29, 1.82) is 5.26 Å². The zero-order chi connectivity index (χ0) is 19.8. The van der Waals surface area contributed by atoms with Gasteiger partial charge in [-0.2, -0.15) is 5.26 Å². The SMILES string of the molecule is CC1(c2ccc(F)c(F)c2)NC(=O)N(CC(=O)NC2(C#N)CCCC2)C1=O. The van der Waals surface area contributed by atoms with Crippen LogP contribution in [0.15, 0.2) is 18.2 Å². The minimum absolute atomic E-state index is 0.0620. The molecule has 27 heavy (non-hydrogen) atoms. The van der Waals surface area contributed by atoms with E-state index in [0.717, 1.165) is 25.0 Å². The predicted octanol–water partition coefficient (Wildman–Crippen LogP) is 1.68. The lowest BCUT2D eigenvalue weighted by atomic mass is 9.92. The molecule has 1 aromatic carbocycles. The van der Waals surface area contributed by atoms with Gasteiger partial charge in [-0.25, -0.2) is 13.6 Å². The number of nitrogens with zero attached hydrogens (tertiary/aromatic N) is 2. The monoisotopic (exact) mass is 376 g/mol. The molecule has 1 aliphatic heterocycles. The summed E-state index contributed by atoms with van der Waals surface area (Å²) in [5, 5.41) is 14.3. The molecule has 0 bridgehead atoms. The molecule has 1 atom stereocenters. The fraction of sp³-hybridized carbons (Fsp3) is 0.444. The summed E-state index contributed by atoms with van der Waals surface area (Å²) in [6.45, 7) is 0.791. The van der Waals surface area contributed by atoms with Crippen LogP contribution in [-0.2, 0) is 15.1 Å². The fourth-order valence-electron chi connectivity index (χ4n) is 3.54. The first-order chi connectivity index (χ1) is 12.7. The highest BCUT2D eigenvalue weighted by molar-refractivity contribution is 6.09. The summed E-state index contributed by atoms with van der Waals surface area (Å²) >= 11 is 0. The van der Waals surface area contributed by atoms with E-state index in [1.54, 1.807) is 0 Å². The van der Waals surface area contributed by atoms with Crippen LogP contribution in [0.3, 0.4) is 0 Å². The van der Waals surface area contributed by atoms with Gasteiger partial charge in [0, 0.05) is 0 Å². The maximum atomic E-state index is 13.5. The van der Waals surface area contributed by atoms with Gasteiger partial charge in [-0.1, -0.05) is 6.07 Å². The van der Waals surface area contributed by atoms with Gasteiger partial charge >= 0.3 is 6.03 Å². The fourth-order valence-corrected chi connectivity index (χ4v) is 3.54. The molecule has 0 spiro atoms. The van der Waals surface area contributed by atoms with Crippen molar-refractivity contribution in [3.05, 3.63) is 35.4 Å². The van der Waals surface area contributed by atoms with E-state index in [4.69, 9.17) is 0 Å². The highest BCUT2D eigenvalue weighted by Crippen LogP contribution is 2.31. The number of imide groups is 1. The van der Waals surface area contributed by atoms with Crippen molar-refractivity contribution in [1.82, 2.24) is 15.5 Å². The molecule has 1 saturated carbocycles. The molecule has 0 aromatic heterocycles. The molecular weight excluding hydrogens is 358 g/mol. The second kappa shape index (κ2) is 6.61. The number of nitrogens with one attached hydrogen (secondary N) is 2. The van der Waals surface area contributed by atoms with Crippen molar-refractivity contribution in [2.75, 3.05) is 6.54 Å². The molecule has 0 radical (unpaired) electrons. The normalized spacial score (nSPS) is 23.9. The Balaban J connectivity index is 1.77. The van der Waals surface area contributed by atoms with Gasteiger partial charge in [0.05, 0.1) is 6.07 Å². The maximum Gasteiger partial charge on any atom is 0.325 e. The molecule has 2 fully saturated rings. The quantitative estimate of drug-likeness (QED) is 0.781. The Labute approximate surface area is 154 Å².